The summed E-state index contributed by atoms with van der Waals surface area (Å²) in [6.07, 6.45) is 10.5. The predicted molar refractivity (Wildman–Crippen MR) is 75.6 cm³/mol. The lowest BCUT2D eigenvalue weighted by Crippen LogP contribution is -2.30. The van der Waals surface area contributed by atoms with Gasteiger partial charge in [0.05, 0.1) is 12.0 Å². The second-order valence-electron chi connectivity index (χ2n) is 5.55. The van der Waals surface area contributed by atoms with Gasteiger partial charge in [-0.05, 0) is 32.2 Å². The Morgan fingerprint density at radius 1 is 1.39 bits per heavy atom. The van der Waals surface area contributed by atoms with E-state index < -0.39 is 0 Å². The van der Waals surface area contributed by atoms with Gasteiger partial charge in [0.2, 0.25) is 0 Å². The molecule has 102 valence electrons. The highest BCUT2D eigenvalue weighted by Gasteiger charge is 2.23. The van der Waals surface area contributed by atoms with E-state index in [0.717, 1.165) is 12.5 Å². The molecule has 1 saturated heterocycles. The van der Waals surface area contributed by atoms with E-state index in [9.17, 15) is 0 Å². The number of nitrogens with one attached hydrogen (secondary N) is 1. The molecular formula is C15H27N3. The minimum Gasteiger partial charge on any atom is -0.330 e. The number of hydrogen-bond acceptors (Lipinski definition) is 2. The Kier molecular flexibility index (Phi) is 4.81. The van der Waals surface area contributed by atoms with Gasteiger partial charge in [-0.25, -0.2) is 4.98 Å². The molecular weight excluding hydrogens is 222 g/mol. The first-order chi connectivity index (χ1) is 8.77. The van der Waals surface area contributed by atoms with Gasteiger partial charge in [0.1, 0.15) is 0 Å². The topological polar surface area (TPSA) is 29.9 Å². The van der Waals surface area contributed by atoms with Crippen molar-refractivity contribution in [2.24, 2.45) is 5.92 Å². The highest BCUT2D eigenvalue weighted by Crippen LogP contribution is 2.29. The van der Waals surface area contributed by atoms with Crippen LogP contribution in [0.2, 0.25) is 0 Å². The summed E-state index contributed by atoms with van der Waals surface area (Å²) in [5, 5.41) is 3.63. The summed E-state index contributed by atoms with van der Waals surface area (Å²) in [6, 6.07) is 1.07. The van der Waals surface area contributed by atoms with E-state index >= 15 is 0 Å². The molecule has 0 bridgehead atoms. The molecule has 2 heterocycles. The van der Waals surface area contributed by atoms with E-state index in [1.807, 2.05) is 6.33 Å². The van der Waals surface area contributed by atoms with Gasteiger partial charge < -0.3 is 9.88 Å². The van der Waals surface area contributed by atoms with Crippen LogP contribution in [-0.2, 0) is 0 Å². The summed E-state index contributed by atoms with van der Waals surface area (Å²) in [5.74, 6) is 0.751. The van der Waals surface area contributed by atoms with Crippen molar-refractivity contribution in [1.82, 2.24) is 14.9 Å². The van der Waals surface area contributed by atoms with E-state index in [4.69, 9.17) is 0 Å². The molecule has 1 aromatic heterocycles. The highest BCUT2D eigenvalue weighted by atomic mass is 15.1. The summed E-state index contributed by atoms with van der Waals surface area (Å²) in [6.45, 7) is 8.07. The smallest absolute Gasteiger partial charge is 0.0951 e. The summed E-state index contributed by atoms with van der Waals surface area (Å²) in [7, 11) is 0. The van der Waals surface area contributed by atoms with Crippen molar-refractivity contribution in [2.75, 3.05) is 6.54 Å². The van der Waals surface area contributed by atoms with Gasteiger partial charge in [-0.15, -0.1) is 0 Å². The molecule has 3 heteroatoms. The SMILES string of the molecule is CCC(CC)C(C)n1cncc1C1CCCCN1. The average Bonchev–Trinajstić information content (AvgIpc) is 2.90. The van der Waals surface area contributed by atoms with Crippen LogP contribution in [0.15, 0.2) is 12.5 Å². The van der Waals surface area contributed by atoms with Gasteiger partial charge in [0.15, 0.2) is 0 Å². The van der Waals surface area contributed by atoms with Gasteiger partial charge in [0.25, 0.3) is 0 Å². The van der Waals surface area contributed by atoms with Crippen LogP contribution >= 0.6 is 0 Å². The quantitative estimate of drug-likeness (QED) is 0.862. The van der Waals surface area contributed by atoms with Gasteiger partial charge >= 0.3 is 0 Å². The average molecular weight is 249 g/mol. The van der Waals surface area contributed by atoms with Crippen molar-refractivity contribution in [3.63, 3.8) is 0 Å². The zero-order valence-corrected chi connectivity index (χ0v) is 12.0. The maximum Gasteiger partial charge on any atom is 0.0951 e. The molecule has 0 spiro atoms. The molecule has 1 aliphatic rings. The van der Waals surface area contributed by atoms with Crippen LogP contribution in [0.3, 0.4) is 0 Å². The first-order valence-electron chi connectivity index (χ1n) is 7.53. The third-order valence-corrected chi connectivity index (χ3v) is 4.53. The Morgan fingerprint density at radius 3 is 2.78 bits per heavy atom. The van der Waals surface area contributed by atoms with Crippen LogP contribution < -0.4 is 5.32 Å². The molecule has 0 radical (unpaired) electrons. The molecule has 1 aliphatic heterocycles. The second-order valence-corrected chi connectivity index (χ2v) is 5.55. The molecule has 0 amide bonds. The van der Waals surface area contributed by atoms with Gasteiger partial charge in [-0.1, -0.05) is 33.1 Å². The van der Waals surface area contributed by atoms with E-state index in [-0.39, 0.29) is 0 Å². The lowest BCUT2D eigenvalue weighted by atomic mass is 9.94. The summed E-state index contributed by atoms with van der Waals surface area (Å²) in [5.41, 5.74) is 1.38. The van der Waals surface area contributed by atoms with Gasteiger partial charge in [-0.2, -0.15) is 0 Å². The fourth-order valence-electron chi connectivity index (χ4n) is 3.23. The molecule has 1 N–H and O–H groups in total. The summed E-state index contributed by atoms with van der Waals surface area (Å²) in [4.78, 5) is 4.39. The Hall–Kier alpha value is -0.830. The number of hydrogen-bond donors (Lipinski definition) is 1. The van der Waals surface area contributed by atoms with Gasteiger partial charge in [-0.3, -0.25) is 0 Å². The minimum atomic E-state index is 0.512. The van der Waals surface area contributed by atoms with E-state index in [1.165, 1.54) is 37.8 Å². The summed E-state index contributed by atoms with van der Waals surface area (Å²) >= 11 is 0. The number of nitrogens with zero attached hydrogens (tertiary/aromatic N) is 2. The normalized spacial score (nSPS) is 22.3. The summed E-state index contributed by atoms with van der Waals surface area (Å²) < 4.78 is 2.40. The molecule has 0 aliphatic carbocycles. The zero-order valence-electron chi connectivity index (χ0n) is 12.0. The van der Waals surface area contributed by atoms with Crippen LogP contribution in [0.4, 0.5) is 0 Å². The Bertz CT molecular complexity index is 348. The first kappa shape index (κ1) is 13.6. The Labute approximate surface area is 111 Å². The zero-order chi connectivity index (χ0) is 13.0. The first-order valence-corrected chi connectivity index (χ1v) is 7.53. The minimum absolute atomic E-state index is 0.512. The number of rotatable bonds is 5. The van der Waals surface area contributed by atoms with Crippen molar-refractivity contribution in [3.8, 4) is 0 Å². The Morgan fingerprint density at radius 2 is 2.17 bits per heavy atom. The van der Waals surface area contributed by atoms with Crippen molar-refractivity contribution in [1.29, 1.82) is 0 Å². The monoisotopic (exact) mass is 249 g/mol. The molecule has 2 atom stereocenters. The molecule has 1 aromatic rings. The van der Waals surface area contributed by atoms with E-state index in [2.05, 4.69) is 41.8 Å². The van der Waals surface area contributed by atoms with Crippen LogP contribution in [0.5, 0.6) is 0 Å². The molecule has 3 nitrogen and oxygen atoms in total. The fraction of sp³-hybridized carbons (Fsp3) is 0.800. The number of aromatic nitrogens is 2. The number of piperidine rings is 1. The third-order valence-electron chi connectivity index (χ3n) is 4.53. The number of imidazole rings is 1. The largest absolute Gasteiger partial charge is 0.330 e. The third kappa shape index (κ3) is 2.77. The van der Waals surface area contributed by atoms with Crippen molar-refractivity contribution >= 4 is 0 Å². The molecule has 0 saturated carbocycles. The molecule has 2 rings (SSSR count). The van der Waals surface area contributed by atoms with Crippen molar-refractivity contribution in [2.45, 2.75) is 65.0 Å². The molecule has 18 heavy (non-hydrogen) atoms. The van der Waals surface area contributed by atoms with Crippen LogP contribution in [-0.4, -0.2) is 16.1 Å². The van der Waals surface area contributed by atoms with Crippen LogP contribution in [0.25, 0.3) is 0 Å². The van der Waals surface area contributed by atoms with Crippen LogP contribution in [0.1, 0.15) is 70.7 Å². The maximum atomic E-state index is 4.39. The maximum absolute atomic E-state index is 4.39. The van der Waals surface area contributed by atoms with E-state index in [0.29, 0.717) is 12.1 Å². The van der Waals surface area contributed by atoms with Crippen molar-refractivity contribution in [3.05, 3.63) is 18.2 Å². The lowest BCUT2D eigenvalue weighted by molar-refractivity contribution is 0.309. The highest BCUT2D eigenvalue weighted by molar-refractivity contribution is 5.08. The molecule has 1 fully saturated rings. The molecule has 2 unspecified atom stereocenters. The van der Waals surface area contributed by atoms with Crippen LogP contribution in [0, 0.1) is 5.92 Å². The van der Waals surface area contributed by atoms with Gasteiger partial charge in [0, 0.05) is 18.3 Å². The predicted octanol–water partition coefficient (Wildman–Crippen LogP) is 3.69. The second kappa shape index (κ2) is 6.37. The Balaban J connectivity index is 2.15. The van der Waals surface area contributed by atoms with Crippen molar-refractivity contribution < 1.29 is 0 Å². The fourth-order valence-corrected chi connectivity index (χ4v) is 3.23. The molecule has 0 aromatic carbocycles. The lowest BCUT2D eigenvalue weighted by Gasteiger charge is -2.29. The van der Waals surface area contributed by atoms with E-state index in [1.54, 1.807) is 0 Å². The standard InChI is InChI=1S/C15H27N3/c1-4-13(5-2)12(3)18-11-16-10-15(18)14-8-6-7-9-17-14/h10-14,17H,4-9H2,1-3H3.